The Labute approximate surface area is 64.6 Å². The van der Waals surface area contributed by atoms with Crippen LogP contribution in [0.5, 0.6) is 0 Å². The van der Waals surface area contributed by atoms with Crippen molar-refractivity contribution in [3.8, 4) is 0 Å². The van der Waals surface area contributed by atoms with Gasteiger partial charge in [-0.1, -0.05) is 19.3 Å². The fraction of sp³-hybridized carbons (Fsp3) is 0.857. The standard InChI is InChI=1S/C7H10ClFO/c8-7(10)6(9)4-5-2-1-3-5/h5-6H,1-4H2. The van der Waals surface area contributed by atoms with Gasteiger partial charge in [-0.3, -0.25) is 4.79 Å². The summed E-state index contributed by atoms with van der Waals surface area (Å²) in [6, 6.07) is 0. The third-order valence-corrected chi connectivity index (χ3v) is 2.25. The van der Waals surface area contributed by atoms with Crippen molar-refractivity contribution in [1.82, 2.24) is 0 Å². The fourth-order valence-electron chi connectivity index (χ4n) is 1.11. The molecule has 10 heavy (non-hydrogen) atoms. The Morgan fingerprint density at radius 1 is 1.70 bits per heavy atom. The summed E-state index contributed by atoms with van der Waals surface area (Å²) in [4.78, 5) is 10.2. The van der Waals surface area contributed by atoms with E-state index >= 15 is 0 Å². The molecule has 1 rings (SSSR count). The van der Waals surface area contributed by atoms with Crippen molar-refractivity contribution in [2.45, 2.75) is 31.9 Å². The van der Waals surface area contributed by atoms with Gasteiger partial charge < -0.3 is 0 Å². The molecule has 1 fully saturated rings. The summed E-state index contributed by atoms with van der Waals surface area (Å²) in [5, 5.41) is -0.841. The third kappa shape index (κ3) is 1.94. The lowest BCUT2D eigenvalue weighted by atomic mass is 9.82. The zero-order valence-corrected chi connectivity index (χ0v) is 6.40. The maximum Gasteiger partial charge on any atom is 0.255 e. The highest BCUT2D eigenvalue weighted by molar-refractivity contribution is 6.64. The first-order valence-corrected chi connectivity index (χ1v) is 3.91. The minimum absolute atomic E-state index is 0.336. The van der Waals surface area contributed by atoms with E-state index in [-0.39, 0.29) is 0 Å². The molecule has 3 heteroatoms. The number of carbonyl (C=O) groups excluding carboxylic acids is 1. The molecule has 0 spiro atoms. The Balaban J connectivity index is 2.16. The van der Waals surface area contributed by atoms with Crippen molar-refractivity contribution < 1.29 is 9.18 Å². The van der Waals surface area contributed by atoms with E-state index in [0.29, 0.717) is 12.3 Å². The first-order valence-electron chi connectivity index (χ1n) is 3.53. The summed E-state index contributed by atoms with van der Waals surface area (Å²) in [7, 11) is 0. The summed E-state index contributed by atoms with van der Waals surface area (Å²) in [6.07, 6.45) is 2.21. The van der Waals surface area contributed by atoms with Crippen molar-refractivity contribution in [1.29, 1.82) is 0 Å². The van der Waals surface area contributed by atoms with Crippen LogP contribution in [0.25, 0.3) is 0 Å². The Morgan fingerprint density at radius 3 is 2.60 bits per heavy atom. The minimum atomic E-state index is -1.42. The topological polar surface area (TPSA) is 17.1 Å². The lowest BCUT2D eigenvalue weighted by Crippen LogP contribution is -2.20. The predicted octanol–water partition coefficient (Wildman–Crippen LogP) is 2.28. The highest BCUT2D eigenvalue weighted by Gasteiger charge is 2.24. The van der Waals surface area contributed by atoms with E-state index in [1.807, 2.05) is 0 Å². The van der Waals surface area contributed by atoms with Crippen LogP contribution in [0.1, 0.15) is 25.7 Å². The maximum atomic E-state index is 12.5. The average molecular weight is 165 g/mol. The van der Waals surface area contributed by atoms with Crippen LogP contribution in [-0.4, -0.2) is 11.4 Å². The maximum absolute atomic E-state index is 12.5. The van der Waals surface area contributed by atoms with Gasteiger partial charge >= 0.3 is 0 Å². The van der Waals surface area contributed by atoms with E-state index in [1.54, 1.807) is 0 Å². The number of carbonyl (C=O) groups is 1. The van der Waals surface area contributed by atoms with Gasteiger partial charge in [0.2, 0.25) is 0 Å². The molecule has 0 saturated heterocycles. The van der Waals surface area contributed by atoms with Gasteiger partial charge in [-0.15, -0.1) is 0 Å². The van der Waals surface area contributed by atoms with Gasteiger partial charge in [0.15, 0.2) is 6.17 Å². The Hall–Kier alpha value is -0.110. The molecule has 1 saturated carbocycles. The molecule has 1 unspecified atom stereocenters. The molecule has 0 N–H and O–H groups in total. The van der Waals surface area contributed by atoms with Gasteiger partial charge in [-0.2, -0.15) is 0 Å². The van der Waals surface area contributed by atoms with E-state index in [4.69, 9.17) is 11.6 Å². The quantitative estimate of drug-likeness (QED) is 0.585. The molecule has 0 heterocycles. The first-order chi connectivity index (χ1) is 4.70. The molecule has 0 radical (unpaired) electrons. The van der Waals surface area contributed by atoms with Crippen LogP contribution in [0.4, 0.5) is 4.39 Å². The summed E-state index contributed by atoms with van der Waals surface area (Å²) < 4.78 is 12.5. The molecule has 0 aromatic rings. The Bertz CT molecular complexity index is 134. The van der Waals surface area contributed by atoms with Crippen LogP contribution in [0.15, 0.2) is 0 Å². The third-order valence-electron chi connectivity index (χ3n) is 2.01. The number of rotatable bonds is 3. The molecule has 1 aliphatic rings. The van der Waals surface area contributed by atoms with Gasteiger partial charge in [0, 0.05) is 0 Å². The van der Waals surface area contributed by atoms with Crippen LogP contribution >= 0.6 is 11.6 Å². The number of alkyl halides is 1. The van der Waals surface area contributed by atoms with E-state index < -0.39 is 11.4 Å². The van der Waals surface area contributed by atoms with E-state index in [9.17, 15) is 9.18 Å². The van der Waals surface area contributed by atoms with E-state index in [2.05, 4.69) is 0 Å². The van der Waals surface area contributed by atoms with Crippen LogP contribution < -0.4 is 0 Å². The second-order valence-corrected chi connectivity index (χ2v) is 3.18. The molecular formula is C7H10ClFO. The second-order valence-electron chi connectivity index (χ2n) is 2.80. The van der Waals surface area contributed by atoms with Crippen molar-refractivity contribution in [2.75, 3.05) is 0 Å². The van der Waals surface area contributed by atoms with Crippen molar-refractivity contribution >= 4 is 16.8 Å². The summed E-state index contributed by atoms with van der Waals surface area (Å²) >= 11 is 4.94. The van der Waals surface area contributed by atoms with Crippen molar-refractivity contribution in [2.24, 2.45) is 5.92 Å². The van der Waals surface area contributed by atoms with Crippen molar-refractivity contribution in [3.63, 3.8) is 0 Å². The largest absolute Gasteiger partial charge is 0.278 e. The van der Waals surface area contributed by atoms with E-state index in [1.165, 1.54) is 6.42 Å². The summed E-state index contributed by atoms with van der Waals surface area (Å²) in [5.74, 6) is 0.415. The predicted molar refractivity (Wildman–Crippen MR) is 37.7 cm³/mol. The summed E-state index contributed by atoms with van der Waals surface area (Å²) in [5.41, 5.74) is 0. The molecule has 0 aliphatic heterocycles. The molecule has 0 aromatic heterocycles. The second kappa shape index (κ2) is 3.33. The summed E-state index contributed by atoms with van der Waals surface area (Å²) in [6.45, 7) is 0. The monoisotopic (exact) mass is 164 g/mol. The zero-order valence-electron chi connectivity index (χ0n) is 5.65. The van der Waals surface area contributed by atoms with Crippen LogP contribution in [0.2, 0.25) is 0 Å². The fourth-order valence-corrected chi connectivity index (χ4v) is 1.20. The molecule has 1 aliphatic carbocycles. The molecule has 1 atom stereocenters. The van der Waals surface area contributed by atoms with Gasteiger partial charge in [0.25, 0.3) is 5.24 Å². The average Bonchev–Trinajstić information content (AvgIpc) is 1.77. The highest BCUT2D eigenvalue weighted by Crippen LogP contribution is 2.31. The normalized spacial score (nSPS) is 21.8. The molecule has 0 amide bonds. The van der Waals surface area contributed by atoms with Crippen LogP contribution in [-0.2, 0) is 4.79 Å². The first kappa shape index (κ1) is 7.99. The molecule has 0 aromatic carbocycles. The molecule has 58 valence electrons. The number of halogens is 2. The van der Waals surface area contributed by atoms with Crippen LogP contribution in [0, 0.1) is 5.92 Å². The lowest BCUT2D eigenvalue weighted by molar-refractivity contribution is -0.116. The minimum Gasteiger partial charge on any atom is -0.278 e. The van der Waals surface area contributed by atoms with Gasteiger partial charge in [0.1, 0.15) is 0 Å². The number of hydrogen-bond donors (Lipinski definition) is 0. The molecule has 1 nitrogen and oxygen atoms in total. The van der Waals surface area contributed by atoms with Crippen molar-refractivity contribution in [3.05, 3.63) is 0 Å². The molecular weight excluding hydrogens is 155 g/mol. The van der Waals surface area contributed by atoms with Gasteiger partial charge in [-0.05, 0) is 23.9 Å². The lowest BCUT2D eigenvalue weighted by Gasteiger charge is -2.25. The number of hydrogen-bond acceptors (Lipinski definition) is 1. The Kier molecular flexibility index (Phi) is 2.66. The smallest absolute Gasteiger partial charge is 0.255 e. The van der Waals surface area contributed by atoms with Gasteiger partial charge in [0.05, 0.1) is 0 Å². The van der Waals surface area contributed by atoms with Crippen LogP contribution in [0.3, 0.4) is 0 Å². The van der Waals surface area contributed by atoms with E-state index in [0.717, 1.165) is 12.8 Å². The highest BCUT2D eigenvalue weighted by atomic mass is 35.5. The molecule has 0 bridgehead atoms. The van der Waals surface area contributed by atoms with Gasteiger partial charge in [-0.25, -0.2) is 4.39 Å². The Morgan fingerprint density at radius 2 is 2.30 bits per heavy atom. The SMILES string of the molecule is O=C(Cl)C(F)CC1CCC1. The zero-order chi connectivity index (χ0) is 7.56.